The third-order valence-electron chi connectivity index (χ3n) is 4.55. The predicted octanol–water partition coefficient (Wildman–Crippen LogP) is 2.46. The Bertz CT molecular complexity index is 848. The molecule has 1 aromatic heterocycles. The van der Waals surface area contributed by atoms with Gasteiger partial charge in [0.1, 0.15) is 5.75 Å². The van der Waals surface area contributed by atoms with Gasteiger partial charge in [-0.15, -0.1) is 11.3 Å². The van der Waals surface area contributed by atoms with Crippen molar-refractivity contribution in [3.05, 3.63) is 35.8 Å². The van der Waals surface area contributed by atoms with Gasteiger partial charge in [-0.25, -0.2) is 4.98 Å². The molecule has 0 spiro atoms. The average Bonchev–Trinajstić information content (AvgIpc) is 2.92. The first-order chi connectivity index (χ1) is 12.8. The van der Waals surface area contributed by atoms with Gasteiger partial charge in [0.15, 0.2) is 11.7 Å². The van der Waals surface area contributed by atoms with E-state index in [0.29, 0.717) is 16.6 Å². The number of nitrogens with one attached hydrogen (secondary N) is 2. The van der Waals surface area contributed by atoms with Gasteiger partial charge < -0.3 is 15.2 Å². The molecule has 1 aliphatic carbocycles. The summed E-state index contributed by atoms with van der Waals surface area (Å²) >= 11 is 1.31. The first-order valence-corrected chi connectivity index (χ1v) is 9.13. The summed E-state index contributed by atoms with van der Waals surface area (Å²) in [7, 11) is 0. The van der Waals surface area contributed by atoms with Crippen LogP contribution in [0, 0.1) is 17.3 Å². The van der Waals surface area contributed by atoms with Crippen LogP contribution >= 0.6 is 11.3 Å². The summed E-state index contributed by atoms with van der Waals surface area (Å²) in [6.45, 7) is 3.37. The molecular formula is C18H19N3O5S. The van der Waals surface area contributed by atoms with E-state index in [1.807, 2.05) is 0 Å². The lowest BCUT2D eigenvalue weighted by atomic mass is 10.1. The summed E-state index contributed by atoms with van der Waals surface area (Å²) in [5.74, 6) is -2.35. The topological polar surface area (TPSA) is 118 Å². The predicted molar refractivity (Wildman–Crippen MR) is 99.7 cm³/mol. The van der Waals surface area contributed by atoms with E-state index in [9.17, 15) is 14.4 Å². The van der Waals surface area contributed by atoms with E-state index in [4.69, 9.17) is 9.84 Å². The van der Waals surface area contributed by atoms with E-state index < -0.39 is 23.2 Å². The minimum atomic E-state index is -0.958. The number of hydrogen-bond donors (Lipinski definition) is 3. The molecule has 2 aromatic rings. The minimum Gasteiger partial charge on any atom is -0.484 e. The highest BCUT2D eigenvalue weighted by Crippen LogP contribution is 2.58. The Labute approximate surface area is 159 Å². The van der Waals surface area contributed by atoms with Gasteiger partial charge in [-0.3, -0.25) is 19.7 Å². The molecule has 1 fully saturated rings. The summed E-state index contributed by atoms with van der Waals surface area (Å²) in [4.78, 5) is 39.2. The first kappa shape index (κ1) is 18.8. The molecule has 2 amide bonds. The van der Waals surface area contributed by atoms with Crippen LogP contribution in [0.2, 0.25) is 0 Å². The number of aliphatic carboxylic acids is 1. The first-order valence-electron chi connectivity index (χ1n) is 8.25. The van der Waals surface area contributed by atoms with Crippen molar-refractivity contribution in [1.82, 2.24) is 4.98 Å². The molecule has 0 radical (unpaired) electrons. The van der Waals surface area contributed by atoms with Crippen molar-refractivity contribution in [2.24, 2.45) is 17.3 Å². The number of amides is 2. The second-order valence-electron chi connectivity index (χ2n) is 6.80. The van der Waals surface area contributed by atoms with Crippen molar-refractivity contribution in [3.63, 3.8) is 0 Å². The second-order valence-corrected chi connectivity index (χ2v) is 7.70. The van der Waals surface area contributed by atoms with Gasteiger partial charge >= 0.3 is 5.97 Å². The van der Waals surface area contributed by atoms with Crippen molar-refractivity contribution in [1.29, 1.82) is 0 Å². The number of benzene rings is 1. The number of carbonyl (C=O) groups excluding carboxylic acids is 2. The largest absolute Gasteiger partial charge is 0.484 e. The molecule has 1 aromatic carbocycles. The Kier molecular flexibility index (Phi) is 5.13. The number of carboxylic acids is 1. The van der Waals surface area contributed by atoms with Crippen molar-refractivity contribution < 1.29 is 24.2 Å². The van der Waals surface area contributed by atoms with Crippen LogP contribution in [-0.2, 0) is 14.4 Å². The molecule has 0 saturated heterocycles. The zero-order chi connectivity index (χ0) is 19.6. The highest BCUT2D eigenvalue weighted by atomic mass is 32.1. The lowest BCUT2D eigenvalue weighted by Gasteiger charge is -2.09. The molecule has 1 heterocycles. The molecule has 0 bridgehead atoms. The fourth-order valence-electron chi connectivity index (χ4n) is 3.03. The second kappa shape index (κ2) is 7.36. The molecule has 1 saturated carbocycles. The van der Waals surface area contributed by atoms with Crippen LogP contribution in [-0.4, -0.2) is 34.5 Å². The zero-order valence-electron chi connectivity index (χ0n) is 14.8. The van der Waals surface area contributed by atoms with Gasteiger partial charge in [-0.1, -0.05) is 13.8 Å². The SMILES string of the molecule is CC1(C)[C@H](C(=O)Nc2ccc(OCC(=O)Nc3nccs3)cc2)[C@@H]1C(=O)O. The van der Waals surface area contributed by atoms with Gasteiger partial charge in [0.25, 0.3) is 5.91 Å². The number of thiazole rings is 1. The highest BCUT2D eigenvalue weighted by Gasteiger charge is 2.65. The van der Waals surface area contributed by atoms with E-state index in [1.165, 1.54) is 11.3 Å². The van der Waals surface area contributed by atoms with Crippen LogP contribution in [0.5, 0.6) is 5.75 Å². The highest BCUT2D eigenvalue weighted by molar-refractivity contribution is 7.13. The summed E-state index contributed by atoms with van der Waals surface area (Å²) in [5.41, 5.74) is -0.0181. The Hall–Kier alpha value is -2.94. The van der Waals surface area contributed by atoms with Gasteiger partial charge in [-0.2, -0.15) is 0 Å². The molecular weight excluding hydrogens is 370 g/mol. The van der Waals surface area contributed by atoms with E-state index >= 15 is 0 Å². The van der Waals surface area contributed by atoms with Crippen LogP contribution in [0.25, 0.3) is 0 Å². The lowest BCUT2D eigenvalue weighted by molar-refractivity contribution is -0.140. The molecule has 0 unspecified atom stereocenters. The fraction of sp³-hybridized carbons (Fsp3) is 0.333. The average molecular weight is 389 g/mol. The molecule has 1 aliphatic rings. The number of hydrogen-bond acceptors (Lipinski definition) is 6. The number of nitrogens with zero attached hydrogens (tertiary/aromatic N) is 1. The van der Waals surface area contributed by atoms with Crippen molar-refractivity contribution in [3.8, 4) is 5.75 Å². The van der Waals surface area contributed by atoms with E-state index in [0.717, 1.165) is 0 Å². The number of anilines is 2. The lowest BCUT2D eigenvalue weighted by Crippen LogP contribution is -2.20. The van der Waals surface area contributed by atoms with Crippen LogP contribution in [0.1, 0.15) is 13.8 Å². The maximum Gasteiger partial charge on any atom is 0.307 e. The van der Waals surface area contributed by atoms with Crippen molar-refractivity contribution in [2.45, 2.75) is 13.8 Å². The van der Waals surface area contributed by atoms with Crippen molar-refractivity contribution >= 4 is 39.9 Å². The molecule has 9 heteroatoms. The molecule has 2 atom stereocenters. The number of ether oxygens (including phenoxy) is 1. The van der Waals surface area contributed by atoms with E-state index in [-0.39, 0.29) is 18.4 Å². The summed E-state index contributed by atoms with van der Waals surface area (Å²) in [6, 6.07) is 6.52. The number of carboxylic acid groups (broad SMARTS) is 1. The molecule has 27 heavy (non-hydrogen) atoms. The third kappa shape index (κ3) is 4.25. The Morgan fingerprint density at radius 2 is 1.89 bits per heavy atom. The smallest absolute Gasteiger partial charge is 0.307 e. The summed E-state index contributed by atoms with van der Waals surface area (Å²) in [5, 5.41) is 16.8. The minimum absolute atomic E-state index is 0.165. The molecule has 3 N–H and O–H groups in total. The molecule has 142 valence electrons. The standard InChI is InChI=1S/C18H19N3O5S/c1-18(2)13(14(18)16(24)25)15(23)20-10-3-5-11(6-4-10)26-9-12(22)21-17-19-7-8-27-17/h3-8,13-14H,9H2,1-2H3,(H,20,23)(H,24,25)(H,19,21,22)/t13-,14+/m0/s1. The van der Waals surface area contributed by atoms with Crippen LogP contribution < -0.4 is 15.4 Å². The Morgan fingerprint density at radius 1 is 1.19 bits per heavy atom. The molecule has 0 aliphatic heterocycles. The van der Waals surface area contributed by atoms with E-state index in [2.05, 4.69) is 15.6 Å². The monoisotopic (exact) mass is 389 g/mol. The Morgan fingerprint density at radius 3 is 2.44 bits per heavy atom. The number of carbonyl (C=O) groups is 3. The van der Waals surface area contributed by atoms with Crippen LogP contribution in [0.3, 0.4) is 0 Å². The summed E-state index contributed by atoms with van der Waals surface area (Å²) in [6.07, 6.45) is 1.59. The maximum atomic E-state index is 12.3. The molecule has 3 rings (SSSR count). The number of aromatic nitrogens is 1. The Balaban J connectivity index is 1.49. The van der Waals surface area contributed by atoms with E-state index in [1.54, 1.807) is 49.7 Å². The van der Waals surface area contributed by atoms with Crippen LogP contribution in [0.4, 0.5) is 10.8 Å². The van der Waals surface area contributed by atoms with Crippen molar-refractivity contribution in [2.75, 3.05) is 17.2 Å². The van der Waals surface area contributed by atoms with Gasteiger partial charge in [-0.05, 0) is 29.7 Å². The summed E-state index contributed by atoms with van der Waals surface area (Å²) < 4.78 is 5.39. The third-order valence-corrected chi connectivity index (χ3v) is 5.23. The zero-order valence-corrected chi connectivity index (χ0v) is 15.6. The van der Waals surface area contributed by atoms with Gasteiger partial charge in [0.2, 0.25) is 5.91 Å². The van der Waals surface area contributed by atoms with Crippen LogP contribution in [0.15, 0.2) is 35.8 Å². The fourth-order valence-corrected chi connectivity index (χ4v) is 3.58. The molecule has 8 nitrogen and oxygen atoms in total. The number of rotatable bonds is 7. The maximum absolute atomic E-state index is 12.3. The quantitative estimate of drug-likeness (QED) is 0.670. The van der Waals surface area contributed by atoms with Gasteiger partial charge in [0, 0.05) is 17.3 Å². The normalized spacial score (nSPS) is 19.8. The van der Waals surface area contributed by atoms with Gasteiger partial charge in [0.05, 0.1) is 11.8 Å².